The van der Waals surface area contributed by atoms with E-state index >= 15 is 0 Å². The molecule has 2 aromatic rings. The van der Waals surface area contributed by atoms with E-state index in [4.69, 9.17) is 10.5 Å². The maximum absolute atomic E-state index is 12.1. The third kappa shape index (κ3) is 3.27. The second-order valence-corrected chi connectivity index (χ2v) is 5.36. The second-order valence-electron chi connectivity index (χ2n) is 4.44. The molecule has 2 rings (SSSR count). The summed E-state index contributed by atoms with van der Waals surface area (Å²) in [6.07, 6.45) is 1.77. The molecule has 20 heavy (non-hydrogen) atoms. The zero-order valence-electron chi connectivity index (χ0n) is 11.4. The molecule has 1 amide bonds. The highest BCUT2D eigenvalue weighted by Gasteiger charge is 2.12. The van der Waals surface area contributed by atoms with Crippen LogP contribution in [0.2, 0.25) is 0 Å². The maximum Gasteiger partial charge on any atom is 0.251 e. The number of hydrogen-bond donors (Lipinski definition) is 2. The van der Waals surface area contributed by atoms with Gasteiger partial charge in [-0.3, -0.25) is 4.79 Å². The Morgan fingerprint density at radius 2 is 2.35 bits per heavy atom. The van der Waals surface area contributed by atoms with Gasteiger partial charge >= 0.3 is 0 Å². The molecule has 1 heterocycles. The molecule has 0 saturated carbocycles. The highest BCUT2D eigenvalue weighted by Crippen LogP contribution is 2.22. The summed E-state index contributed by atoms with van der Waals surface area (Å²) in [5.74, 6) is 0.548. The van der Waals surface area contributed by atoms with E-state index in [0.29, 0.717) is 23.5 Å². The van der Waals surface area contributed by atoms with Crippen molar-refractivity contribution in [3.05, 3.63) is 40.3 Å². The lowest BCUT2D eigenvalue weighted by Crippen LogP contribution is -2.27. The monoisotopic (exact) mass is 291 g/mol. The molecule has 0 spiro atoms. The average molecular weight is 291 g/mol. The topological polar surface area (TPSA) is 77.2 Å². The number of benzene rings is 1. The summed E-state index contributed by atoms with van der Waals surface area (Å²) in [6, 6.07) is 4.98. The minimum absolute atomic E-state index is 0.147. The quantitative estimate of drug-likeness (QED) is 0.828. The number of carbonyl (C=O) groups is 1. The van der Waals surface area contributed by atoms with Gasteiger partial charge in [0, 0.05) is 29.6 Å². The Balaban J connectivity index is 1.98. The Bertz CT molecular complexity index is 584. The number of carbonyl (C=O) groups excluding carboxylic acids is 1. The molecule has 5 nitrogen and oxygen atoms in total. The molecule has 0 aliphatic carbocycles. The predicted octanol–water partition coefficient (Wildman–Crippen LogP) is 2.27. The fraction of sp³-hybridized carbons (Fsp3) is 0.286. The molecule has 3 N–H and O–H groups in total. The molecule has 0 aliphatic heterocycles. The minimum atomic E-state index is -0.147. The maximum atomic E-state index is 12.1. The van der Waals surface area contributed by atoms with Crippen molar-refractivity contribution in [1.29, 1.82) is 0 Å². The fourth-order valence-electron chi connectivity index (χ4n) is 1.77. The van der Waals surface area contributed by atoms with E-state index in [1.807, 2.05) is 12.3 Å². The lowest BCUT2D eigenvalue weighted by molar-refractivity contribution is 0.0951. The van der Waals surface area contributed by atoms with Crippen molar-refractivity contribution in [3.8, 4) is 5.75 Å². The zero-order chi connectivity index (χ0) is 14.5. The van der Waals surface area contributed by atoms with E-state index in [0.717, 1.165) is 5.01 Å². The zero-order valence-corrected chi connectivity index (χ0v) is 12.2. The van der Waals surface area contributed by atoms with Crippen molar-refractivity contribution in [1.82, 2.24) is 10.3 Å². The number of thiazole rings is 1. The first-order valence-corrected chi connectivity index (χ1v) is 7.11. The van der Waals surface area contributed by atoms with Crippen LogP contribution in [0.3, 0.4) is 0 Å². The van der Waals surface area contributed by atoms with Gasteiger partial charge in [0.1, 0.15) is 5.75 Å². The van der Waals surface area contributed by atoms with Crippen molar-refractivity contribution >= 4 is 22.9 Å². The van der Waals surface area contributed by atoms with Gasteiger partial charge in [-0.05, 0) is 18.2 Å². The van der Waals surface area contributed by atoms with Crippen LogP contribution in [0.1, 0.15) is 28.2 Å². The Morgan fingerprint density at radius 1 is 1.55 bits per heavy atom. The van der Waals surface area contributed by atoms with Crippen molar-refractivity contribution in [2.75, 3.05) is 19.4 Å². The van der Waals surface area contributed by atoms with Crippen LogP contribution in [0.5, 0.6) is 5.75 Å². The van der Waals surface area contributed by atoms with E-state index in [9.17, 15) is 4.79 Å². The summed E-state index contributed by atoms with van der Waals surface area (Å²) in [6.45, 7) is 2.57. The lowest BCUT2D eigenvalue weighted by Gasteiger charge is -2.11. The molecule has 1 aromatic carbocycles. The number of nitrogens with zero attached hydrogens (tertiary/aromatic N) is 1. The van der Waals surface area contributed by atoms with E-state index in [1.165, 1.54) is 7.11 Å². The van der Waals surface area contributed by atoms with Crippen LogP contribution < -0.4 is 15.8 Å². The molecular formula is C14H17N3O2S. The molecule has 1 unspecified atom stereocenters. The van der Waals surface area contributed by atoms with Gasteiger partial charge in [0.05, 0.1) is 17.8 Å². The number of aromatic nitrogens is 1. The third-order valence-electron chi connectivity index (χ3n) is 2.94. The number of nitrogen functional groups attached to an aromatic ring is 1. The van der Waals surface area contributed by atoms with Gasteiger partial charge < -0.3 is 15.8 Å². The predicted molar refractivity (Wildman–Crippen MR) is 80.3 cm³/mol. The second kappa shape index (κ2) is 6.38. The number of nitrogens with one attached hydrogen (secondary N) is 1. The van der Waals surface area contributed by atoms with Gasteiger partial charge in [-0.2, -0.15) is 0 Å². The number of ether oxygens (including phenoxy) is 1. The van der Waals surface area contributed by atoms with Crippen molar-refractivity contribution in [2.45, 2.75) is 12.8 Å². The number of amides is 1. The highest BCUT2D eigenvalue weighted by molar-refractivity contribution is 7.09. The molecule has 106 valence electrons. The van der Waals surface area contributed by atoms with E-state index in [1.54, 1.807) is 35.7 Å². The minimum Gasteiger partial charge on any atom is -0.495 e. The number of nitrogens with two attached hydrogens (primary N) is 1. The van der Waals surface area contributed by atoms with E-state index in [2.05, 4.69) is 10.3 Å². The normalized spacial score (nSPS) is 11.9. The standard InChI is InChI=1S/C14H17N3O2S/c1-9(14-16-5-6-20-14)8-17-13(18)10-3-4-11(15)12(7-10)19-2/h3-7,9H,8,15H2,1-2H3,(H,17,18). The molecule has 1 aromatic heterocycles. The van der Waals surface area contributed by atoms with Crippen molar-refractivity contribution in [2.24, 2.45) is 0 Å². The molecule has 0 fully saturated rings. The lowest BCUT2D eigenvalue weighted by atomic mass is 10.1. The summed E-state index contributed by atoms with van der Waals surface area (Å²) in [5, 5.41) is 5.83. The number of rotatable bonds is 5. The fourth-order valence-corrected chi connectivity index (χ4v) is 2.46. The first-order valence-electron chi connectivity index (χ1n) is 6.23. The Kier molecular flexibility index (Phi) is 4.57. The van der Waals surface area contributed by atoms with Crippen LogP contribution in [-0.4, -0.2) is 24.5 Å². The number of anilines is 1. The van der Waals surface area contributed by atoms with Crippen LogP contribution in [0.4, 0.5) is 5.69 Å². The third-order valence-corrected chi connectivity index (χ3v) is 3.94. The van der Waals surface area contributed by atoms with Gasteiger partial charge in [-0.1, -0.05) is 6.92 Å². The van der Waals surface area contributed by atoms with Crippen LogP contribution in [0, 0.1) is 0 Å². The average Bonchev–Trinajstić information content (AvgIpc) is 2.99. The molecule has 0 aliphatic rings. The largest absolute Gasteiger partial charge is 0.495 e. The van der Waals surface area contributed by atoms with Crippen LogP contribution in [0.15, 0.2) is 29.8 Å². The summed E-state index contributed by atoms with van der Waals surface area (Å²) in [4.78, 5) is 16.3. The van der Waals surface area contributed by atoms with Gasteiger partial charge in [-0.15, -0.1) is 11.3 Å². The van der Waals surface area contributed by atoms with Crippen molar-refractivity contribution < 1.29 is 9.53 Å². The molecular weight excluding hydrogens is 274 g/mol. The Morgan fingerprint density at radius 3 is 3.00 bits per heavy atom. The van der Waals surface area contributed by atoms with Crippen LogP contribution in [0.25, 0.3) is 0 Å². The Hall–Kier alpha value is -2.08. The van der Waals surface area contributed by atoms with Gasteiger partial charge in [0.25, 0.3) is 5.91 Å². The molecule has 0 saturated heterocycles. The number of hydrogen-bond acceptors (Lipinski definition) is 5. The van der Waals surface area contributed by atoms with E-state index < -0.39 is 0 Å². The molecule has 6 heteroatoms. The van der Waals surface area contributed by atoms with Gasteiger partial charge in [0.2, 0.25) is 0 Å². The molecule has 0 bridgehead atoms. The first-order chi connectivity index (χ1) is 9.61. The highest BCUT2D eigenvalue weighted by atomic mass is 32.1. The number of methoxy groups -OCH3 is 1. The van der Waals surface area contributed by atoms with Crippen LogP contribution in [-0.2, 0) is 0 Å². The van der Waals surface area contributed by atoms with Gasteiger partial charge in [0.15, 0.2) is 0 Å². The van der Waals surface area contributed by atoms with Crippen LogP contribution >= 0.6 is 11.3 Å². The Labute approximate surface area is 121 Å². The smallest absolute Gasteiger partial charge is 0.251 e. The summed E-state index contributed by atoms with van der Waals surface area (Å²) < 4.78 is 5.11. The van der Waals surface area contributed by atoms with E-state index in [-0.39, 0.29) is 11.8 Å². The summed E-state index contributed by atoms with van der Waals surface area (Å²) in [5.41, 5.74) is 6.77. The van der Waals surface area contributed by atoms with Gasteiger partial charge in [-0.25, -0.2) is 4.98 Å². The molecule has 0 radical (unpaired) electrons. The van der Waals surface area contributed by atoms with Crippen molar-refractivity contribution in [3.63, 3.8) is 0 Å². The SMILES string of the molecule is COc1cc(C(=O)NCC(C)c2nccs2)ccc1N. The first kappa shape index (κ1) is 14.3. The summed E-state index contributed by atoms with van der Waals surface area (Å²) >= 11 is 1.59. The summed E-state index contributed by atoms with van der Waals surface area (Å²) in [7, 11) is 1.53. The molecule has 1 atom stereocenters.